The summed E-state index contributed by atoms with van der Waals surface area (Å²) < 4.78 is 0. The highest BCUT2D eigenvalue weighted by Crippen LogP contribution is 2.00. The quantitative estimate of drug-likeness (QED) is 0.499. The molecule has 0 aromatic heterocycles. The summed E-state index contributed by atoms with van der Waals surface area (Å²) in [6.45, 7) is 2.64. The summed E-state index contributed by atoms with van der Waals surface area (Å²) in [5.41, 5.74) is 0. The van der Waals surface area contributed by atoms with Gasteiger partial charge >= 0.3 is 0 Å². The van der Waals surface area contributed by atoms with Crippen LogP contribution in [-0.4, -0.2) is 18.4 Å². The fraction of sp³-hybridized carbons (Fsp3) is 0.800. The second-order valence-corrected chi connectivity index (χ2v) is 1.91. The Kier molecular flexibility index (Phi) is 1.11. The first kappa shape index (κ1) is 4.78. The normalized spacial score (nSPS) is 29.0. The van der Waals surface area contributed by atoms with Gasteiger partial charge in [-0.1, -0.05) is 0 Å². The Bertz CT molecular complexity index is 86.1. The van der Waals surface area contributed by atoms with Crippen LogP contribution < -0.4 is 5.32 Å². The maximum absolute atomic E-state index is 10.4. The molecule has 1 N–H and O–H groups in total. The van der Waals surface area contributed by atoms with Crippen molar-refractivity contribution in [2.75, 3.05) is 6.54 Å². The van der Waals surface area contributed by atoms with Gasteiger partial charge in [-0.25, -0.2) is 0 Å². The minimum Gasteiger partial charge on any atom is -0.307 e. The molecule has 0 amide bonds. The Labute approximate surface area is 42.9 Å². The molecule has 1 atom stereocenters. The highest BCUT2D eigenvalue weighted by Gasteiger charge is 2.19. The second-order valence-electron chi connectivity index (χ2n) is 1.91. The summed E-state index contributed by atoms with van der Waals surface area (Å²) >= 11 is 0. The average molecular weight is 99.1 g/mol. The van der Waals surface area contributed by atoms with E-state index in [0.29, 0.717) is 0 Å². The number of ketones is 1. The highest BCUT2D eigenvalue weighted by molar-refractivity contribution is 5.82. The third-order valence-corrected chi connectivity index (χ3v) is 1.31. The molecule has 7 heavy (non-hydrogen) atoms. The molecule has 2 heteroatoms. The van der Waals surface area contributed by atoms with Gasteiger partial charge in [-0.2, -0.15) is 0 Å². The summed E-state index contributed by atoms with van der Waals surface area (Å²) in [5, 5.41) is 3.00. The minimum absolute atomic E-state index is 0.194. The first-order chi connectivity index (χ1) is 3.30. The van der Waals surface area contributed by atoms with Gasteiger partial charge in [0.1, 0.15) is 5.78 Å². The molecule has 40 valence electrons. The monoisotopic (exact) mass is 99.1 g/mol. The molecule has 1 saturated heterocycles. The first-order valence-electron chi connectivity index (χ1n) is 2.54. The SMILES string of the molecule is CC(=O)[C@H]1CCN1. The maximum Gasteiger partial charge on any atom is 0.146 e. The lowest BCUT2D eigenvalue weighted by atomic mass is 10.0. The third-order valence-electron chi connectivity index (χ3n) is 1.31. The predicted molar refractivity (Wildman–Crippen MR) is 27.1 cm³/mol. The number of hydrogen-bond donors (Lipinski definition) is 1. The van der Waals surface area contributed by atoms with Crippen molar-refractivity contribution in [2.45, 2.75) is 19.4 Å². The van der Waals surface area contributed by atoms with Gasteiger partial charge in [0.25, 0.3) is 0 Å². The van der Waals surface area contributed by atoms with E-state index < -0.39 is 0 Å². The lowest BCUT2D eigenvalue weighted by Gasteiger charge is -2.24. The molecule has 0 spiro atoms. The van der Waals surface area contributed by atoms with Crippen LogP contribution in [0.3, 0.4) is 0 Å². The first-order valence-corrected chi connectivity index (χ1v) is 2.54. The molecule has 0 aromatic carbocycles. The van der Waals surface area contributed by atoms with E-state index >= 15 is 0 Å². The zero-order valence-corrected chi connectivity index (χ0v) is 4.40. The number of carbonyl (C=O) groups is 1. The zero-order valence-electron chi connectivity index (χ0n) is 4.40. The largest absolute Gasteiger partial charge is 0.307 e. The van der Waals surface area contributed by atoms with E-state index in [1.54, 1.807) is 6.92 Å². The molecular weight excluding hydrogens is 90.1 g/mol. The van der Waals surface area contributed by atoms with Gasteiger partial charge < -0.3 is 5.32 Å². The topological polar surface area (TPSA) is 29.1 Å². The van der Waals surface area contributed by atoms with Crippen molar-refractivity contribution in [3.05, 3.63) is 0 Å². The summed E-state index contributed by atoms with van der Waals surface area (Å²) in [6.07, 6.45) is 1.04. The Hall–Kier alpha value is -0.370. The lowest BCUT2D eigenvalue weighted by Crippen LogP contribution is -2.47. The van der Waals surface area contributed by atoms with Gasteiger partial charge in [-0.15, -0.1) is 0 Å². The Balaban J connectivity index is 2.27. The van der Waals surface area contributed by atoms with Crippen LogP contribution in [0.2, 0.25) is 0 Å². The molecule has 1 aliphatic rings. The molecule has 0 saturated carbocycles. The Morgan fingerprint density at radius 3 is 2.43 bits per heavy atom. The third kappa shape index (κ3) is 0.800. The molecule has 2 nitrogen and oxygen atoms in total. The van der Waals surface area contributed by atoms with Crippen molar-refractivity contribution in [1.82, 2.24) is 5.32 Å². The van der Waals surface area contributed by atoms with Crippen molar-refractivity contribution >= 4 is 5.78 Å². The molecule has 1 heterocycles. The van der Waals surface area contributed by atoms with Crippen molar-refractivity contribution in [3.63, 3.8) is 0 Å². The minimum atomic E-state index is 0.194. The molecule has 1 rings (SSSR count). The number of carbonyl (C=O) groups excluding carboxylic acids is 1. The van der Waals surface area contributed by atoms with Crippen molar-refractivity contribution < 1.29 is 4.79 Å². The van der Waals surface area contributed by atoms with E-state index in [-0.39, 0.29) is 11.8 Å². The fourth-order valence-electron chi connectivity index (χ4n) is 0.636. The number of hydrogen-bond acceptors (Lipinski definition) is 2. The van der Waals surface area contributed by atoms with Gasteiger partial charge in [0, 0.05) is 0 Å². The lowest BCUT2D eigenvalue weighted by molar-refractivity contribution is -0.120. The van der Waals surface area contributed by atoms with Crippen LogP contribution >= 0.6 is 0 Å². The van der Waals surface area contributed by atoms with E-state index in [0.717, 1.165) is 13.0 Å². The fourth-order valence-corrected chi connectivity index (χ4v) is 0.636. The summed E-state index contributed by atoms with van der Waals surface area (Å²) in [4.78, 5) is 10.4. The van der Waals surface area contributed by atoms with E-state index in [9.17, 15) is 4.79 Å². The van der Waals surface area contributed by atoms with Crippen LogP contribution in [0.25, 0.3) is 0 Å². The highest BCUT2D eigenvalue weighted by atomic mass is 16.1. The number of nitrogens with one attached hydrogen (secondary N) is 1. The van der Waals surface area contributed by atoms with E-state index in [4.69, 9.17) is 0 Å². The van der Waals surface area contributed by atoms with Crippen LogP contribution in [0.4, 0.5) is 0 Å². The number of Topliss-reactive ketones (excluding diaryl/α,β-unsaturated/α-hetero) is 1. The van der Waals surface area contributed by atoms with Crippen LogP contribution in [0.5, 0.6) is 0 Å². The molecule has 0 radical (unpaired) electrons. The van der Waals surface area contributed by atoms with Crippen molar-refractivity contribution in [1.29, 1.82) is 0 Å². The van der Waals surface area contributed by atoms with Crippen LogP contribution in [0.15, 0.2) is 0 Å². The summed E-state index contributed by atoms with van der Waals surface area (Å²) in [5.74, 6) is 0.270. The van der Waals surface area contributed by atoms with E-state index in [2.05, 4.69) is 5.32 Å². The Morgan fingerprint density at radius 1 is 1.86 bits per heavy atom. The average Bonchev–Trinajstić information content (AvgIpc) is 1.23. The molecule has 0 aliphatic carbocycles. The Morgan fingerprint density at radius 2 is 2.43 bits per heavy atom. The van der Waals surface area contributed by atoms with Gasteiger partial charge in [-0.3, -0.25) is 4.79 Å². The van der Waals surface area contributed by atoms with Crippen molar-refractivity contribution in [3.8, 4) is 0 Å². The standard InChI is InChI=1S/C5H9NO/c1-4(7)5-2-3-6-5/h5-6H,2-3H2,1H3/t5-/m1/s1. The predicted octanol–water partition coefficient (Wildman–Crippen LogP) is -0.0627. The van der Waals surface area contributed by atoms with Gasteiger partial charge in [0.05, 0.1) is 6.04 Å². The second kappa shape index (κ2) is 1.62. The van der Waals surface area contributed by atoms with Crippen LogP contribution in [-0.2, 0) is 4.79 Å². The molecule has 0 bridgehead atoms. The van der Waals surface area contributed by atoms with Gasteiger partial charge in [0.2, 0.25) is 0 Å². The van der Waals surface area contributed by atoms with Crippen LogP contribution in [0, 0.1) is 0 Å². The van der Waals surface area contributed by atoms with Gasteiger partial charge in [0.15, 0.2) is 0 Å². The summed E-state index contributed by atoms with van der Waals surface area (Å²) in [7, 11) is 0. The van der Waals surface area contributed by atoms with Crippen LogP contribution in [0.1, 0.15) is 13.3 Å². The molecule has 0 unspecified atom stereocenters. The molecule has 0 aromatic rings. The van der Waals surface area contributed by atoms with Crippen molar-refractivity contribution in [2.24, 2.45) is 0 Å². The molecular formula is C5H9NO. The van der Waals surface area contributed by atoms with Gasteiger partial charge in [-0.05, 0) is 19.9 Å². The number of rotatable bonds is 1. The molecule has 1 fully saturated rings. The smallest absolute Gasteiger partial charge is 0.146 e. The van der Waals surface area contributed by atoms with E-state index in [1.807, 2.05) is 0 Å². The maximum atomic E-state index is 10.4. The zero-order chi connectivity index (χ0) is 5.28. The summed E-state index contributed by atoms with van der Waals surface area (Å²) in [6, 6.07) is 0.194. The molecule has 1 aliphatic heterocycles. The van der Waals surface area contributed by atoms with E-state index in [1.165, 1.54) is 0 Å².